The molecule has 1 aromatic heterocycles. The third-order valence-electron chi connectivity index (χ3n) is 3.41. The first-order valence-electron chi connectivity index (χ1n) is 6.32. The van der Waals surface area contributed by atoms with Gasteiger partial charge in [0.1, 0.15) is 10.7 Å². The van der Waals surface area contributed by atoms with E-state index in [0.29, 0.717) is 12.4 Å². The van der Waals surface area contributed by atoms with Crippen molar-refractivity contribution in [1.82, 2.24) is 15.2 Å². The Morgan fingerprint density at radius 2 is 2.24 bits per heavy atom. The van der Waals surface area contributed by atoms with Crippen molar-refractivity contribution in [3.05, 3.63) is 34.4 Å². The highest BCUT2D eigenvalue weighted by Crippen LogP contribution is 2.35. The van der Waals surface area contributed by atoms with Crippen molar-refractivity contribution in [3.63, 3.8) is 0 Å². The Labute approximate surface area is 127 Å². The second-order valence-electron chi connectivity index (χ2n) is 4.96. The number of nitrogens with one attached hydrogen (secondary N) is 1. The summed E-state index contributed by atoms with van der Waals surface area (Å²) in [7, 11) is -3.81. The largest absolute Gasteiger partial charge is 0.363 e. The van der Waals surface area contributed by atoms with Gasteiger partial charge < -0.3 is 4.90 Å². The van der Waals surface area contributed by atoms with Gasteiger partial charge in [0.2, 0.25) is 10.0 Å². The van der Waals surface area contributed by atoms with Gasteiger partial charge in [-0.2, -0.15) is 5.10 Å². The number of aryl methyl sites for hydroxylation is 1. The number of primary sulfonamides is 1. The Hall–Kier alpha value is -1.64. The number of benzene rings is 1. The third-order valence-corrected chi connectivity index (χ3v) is 4.78. The quantitative estimate of drug-likeness (QED) is 0.874. The fourth-order valence-electron chi connectivity index (χ4n) is 2.47. The van der Waals surface area contributed by atoms with E-state index in [-0.39, 0.29) is 9.92 Å². The minimum Gasteiger partial charge on any atom is -0.363 e. The van der Waals surface area contributed by atoms with E-state index in [0.717, 1.165) is 30.0 Å². The van der Waals surface area contributed by atoms with Crippen LogP contribution in [0.25, 0.3) is 0 Å². The number of nitrogens with zero attached hydrogens (tertiary/aromatic N) is 3. The molecule has 21 heavy (non-hydrogen) atoms. The molecule has 7 nitrogen and oxygen atoms in total. The molecule has 0 saturated carbocycles. The summed E-state index contributed by atoms with van der Waals surface area (Å²) in [4.78, 5) is 6.31. The average molecular weight is 328 g/mol. The van der Waals surface area contributed by atoms with Crippen LogP contribution in [-0.2, 0) is 23.0 Å². The highest BCUT2D eigenvalue weighted by molar-refractivity contribution is 7.89. The molecule has 2 heterocycles. The van der Waals surface area contributed by atoms with Gasteiger partial charge >= 0.3 is 0 Å². The van der Waals surface area contributed by atoms with Crippen LogP contribution in [0.3, 0.4) is 0 Å². The van der Waals surface area contributed by atoms with Crippen LogP contribution in [0.1, 0.15) is 17.2 Å². The van der Waals surface area contributed by atoms with Crippen LogP contribution in [-0.4, -0.2) is 30.1 Å². The molecule has 1 aromatic carbocycles. The van der Waals surface area contributed by atoms with Gasteiger partial charge in [-0.1, -0.05) is 11.6 Å². The van der Waals surface area contributed by atoms with E-state index in [9.17, 15) is 8.42 Å². The number of halogens is 1. The van der Waals surface area contributed by atoms with Gasteiger partial charge in [0.15, 0.2) is 5.82 Å². The number of aromatic nitrogens is 3. The lowest BCUT2D eigenvalue weighted by Crippen LogP contribution is -2.20. The van der Waals surface area contributed by atoms with Crippen LogP contribution in [0.2, 0.25) is 5.02 Å². The van der Waals surface area contributed by atoms with Crippen LogP contribution in [0.4, 0.5) is 5.69 Å². The van der Waals surface area contributed by atoms with Gasteiger partial charge in [-0.15, -0.1) is 0 Å². The molecule has 0 unspecified atom stereocenters. The molecule has 9 heteroatoms. The summed E-state index contributed by atoms with van der Waals surface area (Å²) < 4.78 is 23.0. The van der Waals surface area contributed by atoms with Gasteiger partial charge in [-0.25, -0.2) is 18.5 Å². The minimum atomic E-state index is -3.81. The second-order valence-corrected chi connectivity index (χ2v) is 6.90. The first kappa shape index (κ1) is 14.3. The summed E-state index contributed by atoms with van der Waals surface area (Å²) in [6.07, 6.45) is 0.735. The van der Waals surface area contributed by atoms with Crippen LogP contribution >= 0.6 is 11.6 Å². The van der Waals surface area contributed by atoms with E-state index < -0.39 is 10.0 Å². The zero-order valence-electron chi connectivity index (χ0n) is 11.3. The van der Waals surface area contributed by atoms with E-state index in [4.69, 9.17) is 16.7 Å². The molecular formula is C12H14ClN5O2S. The molecule has 2 aromatic rings. The number of hydrogen-bond donors (Lipinski definition) is 2. The van der Waals surface area contributed by atoms with Crippen molar-refractivity contribution in [2.24, 2.45) is 5.14 Å². The van der Waals surface area contributed by atoms with Crippen molar-refractivity contribution in [1.29, 1.82) is 0 Å². The molecular weight excluding hydrogens is 314 g/mol. The molecule has 0 atom stereocenters. The molecule has 0 fully saturated rings. The van der Waals surface area contributed by atoms with Crippen LogP contribution < -0.4 is 10.0 Å². The van der Waals surface area contributed by atoms with Crippen molar-refractivity contribution in [2.45, 2.75) is 24.8 Å². The zero-order valence-corrected chi connectivity index (χ0v) is 12.9. The van der Waals surface area contributed by atoms with Gasteiger partial charge in [0.25, 0.3) is 0 Å². The fraction of sp³-hybridized carbons (Fsp3) is 0.333. The summed E-state index contributed by atoms with van der Waals surface area (Å²) in [5, 5.41) is 12.2. The number of anilines is 1. The zero-order chi connectivity index (χ0) is 15.2. The van der Waals surface area contributed by atoms with Crippen molar-refractivity contribution < 1.29 is 8.42 Å². The molecule has 1 aliphatic rings. The van der Waals surface area contributed by atoms with E-state index in [1.807, 2.05) is 6.92 Å². The number of sulfonamides is 1. The summed E-state index contributed by atoms with van der Waals surface area (Å²) in [5.41, 5.74) is 1.81. The molecule has 0 saturated heterocycles. The number of rotatable bonds is 3. The Balaban J connectivity index is 1.94. The smallest absolute Gasteiger partial charge is 0.239 e. The third kappa shape index (κ3) is 2.74. The molecule has 0 amide bonds. The molecule has 1 aliphatic heterocycles. The van der Waals surface area contributed by atoms with Crippen LogP contribution in [0.5, 0.6) is 0 Å². The Morgan fingerprint density at radius 3 is 2.86 bits per heavy atom. The topological polar surface area (TPSA) is 105 Å². The molecule has 0 spiro atoms. The number of nitrogens with two attached hydrogens (primary N) is 1. The summed E-state index contributed by atoms with van der Waals surface area (Å²) in [6.45, 7) is 3.14. The van der Waals surface area contributed by atoms with Crippen molar-refractivity contribution in [3.8, 4) is 0 Å². The minimum absolute atomic E-state index is 0.0292. The van der Waals surface area contributed by atoms with Crippen molar-refractivity contribution in [2.75, 3.05) is 11.4 Å². The summed E-state index contributed by atoms with van der Waals surface area (Å²) >= 11 is 6.04. The maximum absolute atomic E-state index is 11.5. The highest BCUT2D eigenvalue weighted by atomic mass is 35.5. The Kier molecular flexibility index (Phi) is 3.39. The number of aromatic amines is 1. The molecule has 3 N–H and O–H groups in total. The van der Waals surface area contributed by atoms with Gasteiger partial charge in [-0.3, -0.25) is 5.10 Å². The summed E-state index contributed by atoms with van der Waals surface area (Å²) in [5.74, 6) is 1.44. The SMILES string of the molecule is Cc1nc(CN2CCc3cc(S(N)(=O)=O)c(Cl)cc32)n[nH]1. The van der Waals surface area contributed by atoms with E-state index in [2.05, 4.69) is 20.1 Å². The average Bonchev–Trinajstić information content (AvgIpc) is 2.95. The van der Waals surface area contributed by atoms with E-state index in [1.54, 1.807) is 12.1 Å². The number of fused-ring (bicyclic) bond motifs is 1. The van der Waals surface area contributed by atoms with Gasteiger partial charge in [0, 0.05) is 12.2 Å². The predicted octanol–water partition coefficient (Wildman–Crippen LogP) is 0.977. The molecule has 0 aliphatic carbocycles. The molecule has 0 radical (unpaired) electrons. The van der Waals surface area contributed by atoms with Crippen LogP contribution in [0, 0.1) is 6.92 Å². The highest BCUT2D eigenvalue weighted by Gasteiger charge is 2.24. The van der Waals surface area contributed by atoms with E-state index in [1.165, 1.54) is 0 Å². The predicted molar refractivity (Wildman–Crippen MR) is 78.7 cm³/mol. The Bertz CT molecular complexity index is 802. The standard InChI is InChI=1S/C12H14ClN5O2S/c1-7-15-12(17-16-7)6-18-3-2-8-4-11(21(14,19)20)9(13)5-10(8)18/h4-5H,2-3,6H2,1H3,(H2,14,19,20)(H,15,16,17). The first-order chi connectivity index (χ1) is 9.84. The first-order valence-corrected chi connectivity index (χ1v) is 8.25. The number of hydrogen-bond acceptors (Lipinski definition) is 5. The monoisotopic (exact) mass is 327 g/mol. The van der Waals surface area contributed by atoms with Crippen molar-refractivity contribution >= 4 is 27.3 Å². The van der Waals surface area contributed by atoms with Crippen LogP contribution in [0.15, 0.2) is 17.0 Å². The maximum atomic E-state index is 11.5. The Morgan fingerprint density at radius 1 is 1.48 bits per heavy atom. The molecule has 0 bridgehead atoms. The van der Waals surface area contributed by atoms with Gasteiger partial charge in [0.05, 0.1) is 11.6 Å². The fourth-order valence-corrected chi connectivity index (χ4v) is 3.59. The maximum Gasteiger partial charge on any atom is 0.239 e. The normalized spacial score (nSPS) is 14.5. The number of H-pyrrole nitrogens is 1. The molecule has 3 rings (SSSR count). The lowest BCUT2D eigenvalue weighted by Gasteiger charge is -2.18. The van der Waals surface area contributed by atoms with E-state index >= 15 is 0 Å². The lowest BCUT2D eigenvalue weighted by atomic mass is 10.2. The lowest BCUT2D eigenvalue weighted by molar-refractivity contribution is 0.598. The second kappa shape index (κ2) is 4.97. The summed E-state index contributed by atoms with van der Waals surface area (Å²) in [6, 6.07) is 3.19. The molecule has 112 valence electrons. The van der Waals surface area contributed by atoms with Gasteiger partial charge in [-0.05, 0) is 31.0 Å².